The summed E-state index contributed by atoms with van der Waals surface area (Å²) in [6.07, 6.45) is 0.774. The van der Waals surface area contributed by atoms with Gasteiger partial charge in [-0.05, 0) is 39.6 Å². The summed E-state index contributed by atoms with van der Waals surface area (Å²) in [5.41, 5.74) is 5.81. The van der Waals surface area contributed by atoms with E-state index in [1.165, 1.54) is 17.3 Å². The number of likely N-dealkylation sites (N-methyl/N-ethyl adjacent to an activating group) is 1. The lowest BCUT2D eigenvalue weighted by molar-refractivity contribution is 0.302. The van der Waals surface area contributed by atoms with Crippen LogP contribution in [0.4, 0.5) is 10.1 Å². The molecular weight excluding hydrogens is 281 g/mol. The molecule has 5 nitrogen and oxygen atoms in total. The van der Waals surface area contributed by atoms with Crippen molar-refractivity contribution in [3.63, 3.8) is 0 Å². The summed E-state index contributed by atoms with van der Waals surface area (Å²) >= 11 is 0. The third kappa shape index (κ3) is 2.65. The van der Waals surface area contributed by atoms with E-state index in [0.717, 1.165) is 12.5 Å². The van der Waals surface area contributed by atoms with Gasteiger partial charge in [-0.25, -0.2) is 12.8 Å². The van der Waals surface area contributed by atoms with Crippen molar-refractivity contribution in [3.8, 4) is 0 Å². The Morgan fingerprint density at radius 3 is 2.60 bits per heavy atom. The minimum atomic E-state index is -3.69. The molecule has 0 aromatic heterocycles. The molecule has 1 aromatic rings. The predicted molar refractivity (Wildman–Crippen MR) is 76.4 cm³/mol. The third-order valence-corrected chi connectivity index (χ3v) is 5.78. The second-order valence-electron chi connectivity index (χ2n) is 5.40. The van der Waals surface area contributed by atoms with Gasteiger partial charge in [-0.1, -0.05) is 0 Å². The van der Waals surface area contributed by atoms with E-state index >= 15 is 0 Å². The fourth-order valence-electron chi connectivity index (χ4n) is 2.43. The number of hydrogen-bond acceptors (Lipinski definition) is 4. The first kappa shape index (κ1) is 15.2. The van der Waals surface area contributed by atoms with Crippen molar-refractivity contribution in [1.29, 1.82) is 0 Å². The molecule has 1 aromatic carbocycles. The molecule has 1 unspecified atom stereocenters. The number of nitrogen functional groups attached to an aromatic ring is 1. The Bertz CT molecular complexity index is 616. The van der Waals surface area contributed by atoms with E-state index in [2.05, 4.69) is 0 Å². The molecule has 1 saturated heterocycles. The van der Waals surface area contributed by atoms with Gasteiger partial charge in [0.2, 0.25) is 10.0 Å². The van der Waals surface area contributed by atoms with Crippen LogP contribution in [0.1, 0.15) is 12.0 Å². The van der Waals surface area contributed by atoms with Crippen molar-refractivity contribution in [2.75, 3.05) is 32.9 Å². The molecule has 1 heterocycles. The van der Waals surface area contributed by atoms with Crippen LogP contribution in [0.5, 0.6) is 0 Å². The first-order valence-corrected chi connectivity index (χ1v) is 7.89. The Kier molecular flexibility index (Phi) is 4.04. The Labute approximate surface area is 119 Å². The summed E-state index contributed by atoms with van der Waals surface area (Å²) in [4.78, 5) is 1.97. The Morgan fingerprint density at radius 1 is 1.40 bits per heavy atom. The van der Waals surface area contributed by atoms with Gasteiger partial charge in [-0.15, -0.1) is 0 Å². The van der Waals surface area contributed by atoms with Gasteiger partial charge in [0, 0.05) is 30.4 Å². The SMILES string of the molecule is Cc1c(F)cc(N)cc1S(=O)(=O)N1CCC(N(C)C)C1. The second kappa shape index (κ2) is 5.31. The van der Waals surface area contributed by atoms with Gasteiger partial charge in [0.05, 0.1) is 4.90 Å². The lowest BCUT2D eigenvalue weighted by atomic mass is 10.2. The van der Waals surface area contributed by atoms with Crippen LogP contribution in [-0.4, -0.2) is 50.8 Å². The lowest BCUT2D eigenvalue weighted by Crippen LogP contribution is -2.34. The van der Waals surface area contributed by atoms with Crippen molar-refractivity contribution in [1.82, 2.24) is 9.21 Å². The van der Waals surface area contributed by atoms with E-state index < -0.39 is 15.8 Å². The first-order chi connectivity index (χ1) is 9.23. The van der Waals surface area contributed by atoms with E-state index in [9.17, 15) is 12.8 Å². The number of nitrogens with zero attached hydrogens (tertiary/aromatic N) is 2. The van der Waals surface area contributed by atoms with Gasteiger partial charge in [-0.2, -0.15) is 4.31 Å². The summed E-state index contributed by atoms with van der Waals surface area (Å²) in [5.74, 6) is -0.591. The number of nitrogens with two attached hydrogens (primary N) is 1. The Hall–Kier alpha value is -1.18. The largest absolute Gasteiger partial charge is 0.399 e. The van der Waals surface area contributed by atoms with Gasteiger partial charge in [0.25, 0.3) is 0 Å². The molecule has 0 bridgehead atoms. The van der Waals surface area contributed by atoms with Crippen LogP contribution in [0, 0.1) is 12.7 Å². The molecule has 0 radical (unpaired) electrons. The molecule has 0 saturated carbocycles. The zero-order valence-corrected chi connectivity index (χ0v) is 12.7. The molecule has 1 atom stereocenters. The highest BCUT2D eigenvalue weighted by molar-refractivity contribution is 7.89. The first-order valence-electron chi connectivity index (χ1n) is 6.45. The number of benzene rings is 1. The van der Waals surface area contributed by atoms with Crippen molar-refractivity contribution >= 4 is 15.7 Å². The fraction of sp³-hybridized carbons (Fsp3) is 0.538. The summed E-state index contributed by atoms with van der Waals surface area (Å²) in [6.45, 7) is 2.33. The zero-order chi connectivity index (χ0) is 15.1. The highest BCUT2D eigenvalue weighted by atomic mass is 32.2. The van der Waals surface area contributed by atoms with Crippen LogP contribution in [0.15, 0.2) is 17.0 Å². The van der Waals surface area contributed by atoms with Crippen molar-refractivity contribution in [3.05, 3.63) is 23.5 Å². The average Bonchev–Trinajstić information content (AvgIpc) is 2.83. The normalized spacial score (nSPS) is 20.8. The molecule has 1 aliphatic rings. The maximum Gasteiger partial charge on any atom is 0.243 e. The smallest absolute Gasteiger partial charge is 0.243 e. The van der Waals surface area contributed by atoms with Crippen LogP contribution < -0.4 is 5.73 Å². The maximum atomic E-state index is 13.7. The van der Waals surface area contributed by atoms with E-state index in [1.807, 2.05) is 19.0 Å². The summed E-state index contributed by atoms with van der Waals surface area (Å²) in [7, 11) is 0.152. The molecule has 1 aliphatic heterocycles. The summed E-state index contributed by atoms with van der Waals surface area (Å²) in [6, 6.07) is 2.66. The monoisotopic (exact) mass is 301 g/mol. The maximum absolute atomic E-state index is 13.7. The van der Waals surface area contributed by atoms with Gasteiger partial charge in [0.15, 0.2) is 0 Å². The molecule has 0 spiro atoms. The molecule has 112 valence electrons. The highest BCUT2D eigenvalue weighted by Crippen LogP contribution is 2.28. The van der Waals surface area contributed by atoms with Gasteiger partial charge < -0.3 is 10.6 Å². The van der Waals surface area contributed by atoms with Crippen molar-refractivity contribution < 1.29 is 12.8 Å². The van der Waals surface area contributed by atoms with Gasteiger partial charge in [0.1, 0.15) is 5.82 Å². The predicted octanol–water partition coefficient (Wildman–Crippen LogP) is 1.04. The molecular formula is C13H20FN3O2S. The topological polar surface area (TPSA) is 66.6 Å². The average molecular weight is 301 g/mol. The molecule has 20 heavy (non-hydrogen) atoms. The van der Waals surface area contributed by atoms with Crippen LogP contribution in [0.2, 0.25) is 0 Å². The minimum absolute atomic E-state index is 0.0330. The van der Waals surface area contributed by atoms with E-state index in [1.54, 1.807) is 0 Å². The van der Waals surface area contributed by atoms with Crippen LogP contribution in [0.25, 0.3) is 0 Å². The van der Waals surface area contributed by atoms with Crippen LogP contribution in [0.3, 0.4) is 0 Å². The number of sulfonamides is 1. The van der Waals surface area contributed by atoms with Crippen molar-refractivity contribution in [2.45, 2.75) is 24.3 Å². The number of halogens is 1. The van der Waals surface area contributed by atoms with Gasteiger partial charge >= 0.3 is 0 Å². The number of hydrogen-bond donors (Lipinski definition) is 1. The lowest BCUT2D eigenvalue weighted by Gasteiger charge is -2.21. The molecule has 1 fully saturated rings. The molecule has 7 heteroatoms. The van der Waals surface area contributed by atoms with Gasteiger partial charge in [-0.3, -0.25) is 0 Å². The second-order valence-corrected chi connectivity index (χ2v) is 7.30. The van der Waals surface area contributed by atoms with Crippen molar-refractivity contribution in [2.24, 2.45) is 0 Å². The van der Waals surface area contributed by atoms with Crippen LogP contribution >= 0.6 is 0 Å². The quantitative estimate of drug-likeness (QED) is 0.847. The molecule has 2 N–H and O–H groups in total. The highest BCUT2D eigenvalue weighted by Gasteiger charge is 2.34. The number of rotatable bonds is 3. The molecule has 2 rings (SSSR count). The summed E-state index contributed by atoms with van der Waals surface area (Å²) < 4.78 is 40.3. The Balaban J connectivity index is 2.37. The standard InChI is InChI=1S/C13H20FN3O2S/c1-9-12(14)6-10(15)7-13(9)20(18,19)17-5-4-11(8-17)16(2)3/h6-7,11H,4-5,8,15H2,1-3H3. The minimum Gasteiger partial charge on any atom is -0.399 e. The summed E-state index contributed by atoms with van der Waals surface area (Å²) in [5, 5.41) is 0. The van der Waals surface area contributed by atoms with E-state index in [-0.39, 0.29) is 22.2 Å². The molecule has 0 amide bonds. The zero-order valence-electron chi connectivity index (χ0n) is 11.9. The Morgan fingerprint density at radius 2 is 2.05 bits per heavy atom. The fourth-order valence-corrected chi connectivity index (χ4v) is 4.19. The third-order valence-electron chi connectivity index (χ3n) is 3.79. The van der Waals surface area contributed by atoms with Crippen LogP contribution in [-0.2, 0) is 10.0 Å². The number of anilines is 1. The van der Waals surface area contributed by atoms with E-state index in [0.29, 0.717) is 13.1 Å². The molecule has 0 aliphatic carbocycles. The van der Waals surface area contributed by atoms with E-state index in [4.69, 9.17) is 5.73 Å².